The SMILES string of the molecule is Cc1ccccc1-c1noc(CN2CCCCC2Cn2cncn2)n1. The number of nitrogens with zero attached hydrogens (tertiary/aromatic N) is 6. The molecule has 1 aliphatic heterocycles. The summed E-state index contributed by atoms with van der Waals surface area (Å²) in [5, 5.41) is 8.41. The van der Waals surface area contributed by atoms with E-state index >= 15 is 0 Å². The fraction of sp³-hybridized carbons (Fsp3) is 0.444. The van der Waals surface area contributed by atoms with Crippen LogP contribution in [0.25, 0.3) is 11.4 Å². The molecule has 1 saturated heterocycles. The van der Waals surface area contributed by atoms with Gasteiger partial charge in [0, 0.05) is 11.6 Å². The first-order valence-electron chi connectivity index (χ1n) is 8.74. The first-order valence-corrected chi connectivity index (χ1v) is 8.74. The fourth-order valence-electron chi connectivity index (χ4n) is 3.44. The number of hydrogen-bond acceptors (Lipinski definition) is 6. The summed E-state index contributed by atoms with van der Waals surface area (Å²) in [5.41, 5.74) is 2.17. The van der Waals surface area contributed by atoms with Crippen LogP contribution in [0.4, 0.5) is 0 Å². The van der Waals surface area contributed by atoms with E-state index in [1.54, 1.807) is 12.7 Å². The van der Waals surface area contributed by atoms with Gasteiger partial charge in [0.1, 0.15) is 12.7 Å². The van der Waals surface area contributed by atoms with E-state index in [1.807, 2.05) is 22.9 Å². The zero-order chi connectivity index (χ0) is 17.1. The topological polar surface area (TPSA) is 72.9 Å². The summed E-state index contributed by atoms with van der Waals surface area (Å²) in [4.78, 5) is 11.1. The molecule has 4 rings (SSSR count). The Morgan fingerprint density at radius 1 is 1.24 bits per heavy atom. The molecule has 0 spiro atoms. The van der Waals surface area contributed by atoms with E-state index in [0.717, 1.165) is 30.6 Å². The largest absolute Gasteiger partial charge is 0.338 e. The van der Waals surface area contributed by atoms with Crippen LogP contribution in [0.5, 0.6) is 0 Å². The zero-order valence-corrected chi connectivity index (χ0v) is 14.4. The van der Waals surface area contributed by atoms with Crippen LogP contribution in [0.15, 0.2) is 41.4 Å². The van der Waals surface area contributed by atoms with Crippen molar-refractivity contribution < 1.29 is 4.52 Å². The van der Waals surface area contributed by atoms with Crippen molar-refractivity contribution in [3.8, 4) is 11.4 Å². The van der Waals surface area contributed by atoms with Crippen LogP contribution in [0.1, 0.15) is 30.7 Å². The average molecular weight is 338 g/mol. The number of hydrogen-bond donors (Lipinski definition) is 0. The third-order valence-electron chi connectivity index (χ3n) is 4.81. The van der Waals surface area contributed by atoms with Gasteiger partial charge in [-0.25, -0.2) is 4.98 Å². The molecule has 1 unspecified atom stereocenters. The Labute approximate surface area is 146 Å². The molecule has 0 saturated carbocycles. The second kappa shape index (κ2) is 7.14. The number of aryl methyl sites for hydroxylation is 1. The molecule has 25 heavy (non-hydrogen) atoms. The van der Waals surface area contributed by atoms with Crippen LogP contribution in [0, 0.1) is 6.92 Å². The van der Waals surface area contributed by atoms with Crippen LogP contribution < -0.4 is 0 Å². The molecule has 1 aromatic carbocycles. The molecule has 0 bridgehead atoms. The zero-order valence-electron chi connectivity index (χ0n) is 14.4. The van der Waals surface area contributed by atoms with E-state index < -0.39 is 0 Å². The Balaban J connectivity index is 1.48. The molecule has 2 aromatic heterocycles. The number of rotatable bonds is 5. The van der Waals surface area contributed by atoms with E-state index in [4.69, 9.17) is 4.52 Å². The van der Waals surface area contributed by atoms with E-state index in [2.05, 4.69) is 38.1 Å². The van der Waals surface area contributed by atoms with Crippen LogP contribution in [0.3, 0.4) is 0 Å². The summed E-state index contributed by atoms with van der Waals surface area (Å²) >= 11 is 0. The number of piperidine rings is 1. The van der Waals surface area contributed by atoms with Crippen molar-refractivity contribution in [2.24, 2.45) is 0 Å². The van der Waals surface area contributed by atoms with Crippen molar-refractivity contribution in [2.75, 3.05) is 6.54 Å². The number of benzene rings is 1. The van der Waals surface area contributed by atoms with Gasteiger partial charge in [0.05, 0.1) is 13.1 Å². The lowest BCUT2D eigenvalue weighted by atomic mass is 10.0. The molecule has 7 heteroatoms. The predicted molar refractivity (Wildman–Crippen MR) is 92.5 cm³/mol. The minimum Gasteiger partial charge on any atom is -0.338 e. The van der Waals surface area contributed by atoms with E-state index in [0.29, 0.717) is 24.3 Å². The molecule has 1 atom stereocenters. The van der Waals surface area contributed by atoms with E-state index in [9.17, 15) is 0 Å². The third kappa shape index (κ3) is 3.61. The molecule has 130 valence electrons. The van der Waals surface area contributed by atoms with Crippen LogP contribution >= 0.6 is 0 Å². The van der Waals surface area contributed by atoms with Gasteiger partial charge in [-0.3, -0.25) is 9.58 Å². The summed E-state index contributed by atoms with van der Waals surface area (Å²) in [6, 6.07) is 8.52. The maximum absolute atomic E-state index is 5.52. The third-order valence-corrected chi connectivity index (χ3v) is 4.81. The first-order chi connectivity index (χ1) is 12.3. The molecule has 0 N–H and O–H groups in total. The highest BCUT2D eigenvalue weighted by Crippen LogP contribution is 2.23. The van der Waals surface area contributed by atoms with Gasteiger partial charge in [-0.05, 0) is 31.9 Å². The van der Waals surface area contributed by atoms with Crippen LogP contribution in [-0.2, 0) is 13.1 Å². The monoisotopic (exact) mass is 338 g/mol. The molecular weight excluding hydrogens is 316 g/mol. The summed E-state index contributed by atoms with van der Waals surface area (Å²) < 4.78 is 7.42. The van der Waals surface area contributed by atoms with Crippen LogP contribution in [-0.4, -0.2) is 42.4 Å². The summed E-state index contributed by atoms with van der Waals surface area (Å²) in [5.74, 6) is 1.33. The maximum Gasteiger partial charge on any atom is 0.241 e. The minimum absolute atomic E-state index is 0.421. The van der Waals surface area contributed by atoms with Crippen molar-refractivity contribution in [3.05, 3.63) is 48.4 Å². The molecule has 0 amide bonds. The number of likely N-dealkylation sites (tertiary alicyclic amines) is 1. The van der Waals surface area contributed by atoms with Crippen molar-refractivity contribution in [1.29, 1.82) is 0 Å². The van der Waals surface area contributed by atoms with Gasteiger partial charge in [0.25, 0.3) is 0 Å². The molecule has 7 nitrogen and oxygen atoms in total. The lowest BCUT2D eigenvalue weighted by Crippen LogP contribution is -2.41. The summed E-state index contributed by atoms with van der Waals surface area (Å²) in [6.07, 6.45) is 6.95. The predicted octanol–water partition coefficient (Wildman–Crippen LogP) is 2.69. The molecule has 0 radical (unpaired) electrons. The van der Waals surface area contributed by atoms with Gasteiger partial charge < -0.3 is 4.52 Å². The van der Waals surface area contributed by atoms with Crippen molar-refractivity contribution >= 4 is 0 Å². The van der Waals surface area contributed by atoms with Crippen molar-refractivity contribution in [2.45, 2.75) is 45.3 Å². The number of aromatic nitrogens is 5. The highest BCUT2D eigenvalue weighted by molar-refractivity contribution is 5.58. The standard InChI is InChI=1S/C18H22N6O/c1-14-6-2-3-8-16(14)18-21-17(25-22-18)11-23-9-5-4-7-15(23)10-24-13-19-12-20-24/h2-3,6,8,12-13,15H,4-5,7,9-11H2,1H3. The fourth-order valence-corrected chi connectivity index (χ4v) is 3.44. The molecular formula is C18H22N6O. The van der Waals surface area contributed by atoms with Crippen LogP contribution in [0.2, 0.25) is 0 Å². The average Bonchev–Trinajstić information content (AvgIpc) is 3.29. The maximum atomic E-state index is 5.52. The van der Waals surface area contributed by atoms with Gasteiger partial charge in [-0.1, -0.05) is 35.8 Å². The lowest BCUT2D eigenvalue weighted by molar-refractivity contribution is 0.108. The molecule has 1 fully saturated rings. The van der Waals surface area contributed by atoms with Gasteiger partial charge in [0.2, 0.25) is 11.7 Å². The molecule has 3 aromatic rings. The van der Waals surface area contributed by atoms with Crippen molar-refractivity contribution in [3.63, 3.8) is 0 Å². The Morgan fingerprint density at radius 2 is 2.16 bits per heavy atom. The van der Waals surface area contributed by atoms with Crippen molar-refractivity contribution in [1.82, 2.24) is 29.8 Å². The minimum atomic E-state index is 0.421. The molecule has 0 aliphatic carbocycles. The second-order valence-electron chi connectivity index (χ2n) is 6.56. The highest BCUT2D eigenvalue weighted by atomic mass is 16.5. The Morgan fingerprint density at radius 3 is 3.00 bits per heavy atom. The van der Waals surface area contributed by atoms with Gasteiger partial charge in [-0.2, -0.15) is 10.1 Å². The molecule has 3 heterocycles. The molecule has 1 aliphatic rings. The van der Waals surface area contributed by atoms with E-state index in [1.165, 1.54) is 12.8 Å². The van der Waals surface area contributed by atoms with Gasteiger partial charge in [0.15, 0.2) is 0 Å². The quantitative estimate of drug-likeness (QED) is 0.712. The van der Waals surface area contributed by atoms with Gasteiger partial charge >= 0.3 is 0 Å². The van der Waals surface area contributed by atoms with E-state index in [-0.39, 0.29) is 0 Å². The van der Waals surface area contributed by atoms with Gasteiger partial charge in [-0.15, -0.1) is 0 Å². The highest BCUT2D eigenvalue weighted by Gasteiger charge is 2.25. The second-order valence-corrected chi connectivity index (χ2v) is 6.56. The Kier molecular flexibility index (Phi) is 4.56. The Hall–Kier alpha value is -2.54. The lowest BCUT2D eigenvalue weighted by Gasteiger charge is -2.34. The summed E-state index contributed by atoms with van der Waals surface area (Å²) in [6.45, 7) is 4.63. The normalized spacial score (nSPS) is 18.5. The smallest absolute Gasteiger partial charge is 0.241 e. The summed E-state index contributed by atoms with van der Waals surface area (Å²) in [7, 11) is 0. The Bertz CT molecular complexity index is 813. The first kappa shape index (κ1) is 16.0.